The van der Waals surface area contributed by atoms with Crippen LogP contribution in [0.1, 0.15) is 13.3 Å². The predicted molar refractivity (Wildman–Crippen MR) is 71.4 cm³/mol. The Kier molecular flexibility index (Phi) is 5.83. The number of nitrogens with one attached hydrogen (secondary N) is 1. The van der Waals surface area contributed by atoms with Gasteiger partial charge in [-0.1, -0.05) is 0 Å². The van der Waals surface area contributed by atoms with E-state index in [1.165, 1.54) is 25.3 Å². The SMILES string of the molecule is COc1ccc(OCC(F)(F)F)cc1NC(=O)CC(C)N. The summed E-state index contributed by atoms with van der Waals surface area (Å²) in [6, 6.07) is 3.67. The van der Waals surface area contributed by atoms with Crippen LogP contribution in [0.25, 0.3) is 0 Å². The molecule has 0 radical (unpaired) electrons. The number of benzene rings is 1. The zero-order valence-electron chi connectivity index (χ0n) is 11.7. The molecule has 0 spiro atoms. The summed E-state index contributed by atoms with van der Waals surface area (Å²) in [5.74, 6) is -0.0760. The second-order valence-electron chi connectivity index (χ2n) is 4.50. The van der Waals surface area contributed by atoms with Gasteiger partial charge in [-0.2, -0.15) is 13.2 Å². The molecule has 1 unspecified atom stereocenters. The van der Waals surface area contributed by atoms with Crippen molar-refractivity contribution in [2.75, 3.05) is 19.0 Å². The molecule has 0 saturated carbocycles. The molecule has 21 heavy (non-hydrogen) atoms. The van der Waals surface area contributed by atoms with E-state index >= 15 is 0 Å². The highest BCUT2D eigenvalue weighted by Crippen LogP contribution is 2.30. The molecule has 0 aliphatic heterocycles. The second-order valence-corrected chi connectivity index (χ2v) is 4.50. The first kappa shape index (κ1) is 17.1. The Morgan fingerprint density at radius 3 is 2.62 bits per heavy atom. The van der Waals surface area contributed by atoms with E-state index in [-0.39, 0.29) is 29.8 Å². The smallest absolute Gasteiger partial charge is 0.422 e. The number of nitrogens with two attached hydrogens (primary N) is 1. The average Bonchev–Trinajstić information content (AvgIpc) is 2.34. The zero-order valence-corrected chi connectivity index (χ0v) is 11.7. The van der Waals surface area contributed by atoms with Crippen LogP contribution < -0.4 is 20.5 Å². The van der Waals surface area contributed by atoms with E-state index in [9.17, 15) is 18.0 Å². The van der Waals surface area contributed by atoms with Crippen molar-refractivity contribution in [2.45, 2.75) is 25.6 Å². The minimum Gasteiger partial charge on any atom is -0.495 e. The molecule has 1 rings (SSSR count). The number of carbonyl (C=O) groups excluding carboxylic acids is 1. The number of methoxy groups -OCH3 is 1. The summed E-state index contributed by atoms with van der Waals surface area (Å²) in [5.41, 5.74) is 5.73. The van der Waals surface area contributed by atoms with Gasteiger partial charge in [0.1, 0.15) is 11.5 Å². The van der Waals surface area contributed by atoms with Crippen molar-refractivity contribution >= 4 is 11.6 Å². The predicted octanol–water partition coefficient (Wildman–Crippen LogP) is 2.31. The van der Waals surface area contributed by atoms with Crippen molar-refractivity contribution in [3.05, 3.63) is 18.2 Å². The van der Waals surface area contributed by atoms with E-state index < -0.39 is 12.8 Å². The van der Waals surface area contributed by atoms with E-state index in [0.717, 1.165) is 0 Å². The number of amides is 1. The second kappa shape index (κ2) is 7.16. The van der Waals surface area contributed by atoms with E-state index in [2.05, 4.69) is 10.1 Å². The molecule has 0 aliphatic carbocycles. The number of anilines is 1. The molecule has 5 nitrogen and oxygen atoms in total. The molecule has 3 N–H and O–H groups in total. The van der Waals surface area contributed by atoms with Gasteiger partial charge in [-0.25, -0.2) is 0 Å². The van der Waals surface area contributed by atoms with Gasteiger partial charge in [-0.05, 0) is 19.1 Å². The van der Waals surface area contributed by atoms with Crippen LogP contribution in [0.15, 0.2) is 18.2 Å². The highest BCUT2D eigenvalue weighted by molar-refractivity contribution is 5.92. The fraction of sp³-hybridized carbons (Fsp3) is 0.462. The van der Waals surface area contributed by atoms with Crippen molar-refractivity contribution in [1.82, 2.24) is 0 Å². The van der Waals surface area contributed by atoms with Gasteiger partial charge in [-0.15, -0.1) is 0 Å². The Balaban J connectivity index is 2.82. The fourth-order valence-electron chi connectivity index (χ4n) is 1.53. The molecule has 8 heteroatoms. The first-order valence-corrected chi connectivity index (χ1v) is 6.14. The maximum Gasteiger partial charge on any atom is 0.422 e. The fourth-order valence-corrected chi connectivity index (χ4v) is 1.53. The van der Waals surface area contributed by atoms with Crippen LogP contribution in [0, 0.1) is 0 Å². The molecule has 0 saturated heterocycles. The minimum absolute atomic E-state index is 0.0239. The molecule has 1 aromatic rings. The van der Waals surface area contributed by atoms with Crippen LogP contribution in [0.3, 0.4) is 0 Å². The van der Waals surface area contributed by atoms with Crippen molar-refractivity contribution in [3.63, 3.8) is 0 Å². The lowest BCUT2D eigenvalue weighted by molar-refractivity contribution is -0.153. The third-order valence-electron chi connectivity index (χ3n) is 2.35. The summed E-state index contributed by atoms with van der Waals surface area (Å²) in [5, 5.41) is 2.53. The van der Waals surface area contributed by atoms with Crippen LogP contribution in [0.5, 0.6) is 11.5 Å². The summed E-state index contributed by atoms with van der Waals surface area (Å²) < 4.78 is 46.0. The molecule has 0 aliphatic rings. The van der Waals surface area contributed by atoms with Crippen molar-refractivity contribution in [2.24, 2.45) is 5.73 Å². The number of halogens is 3. The minimum atomic E-state index is -4.43. The maximum absolute atomic E-state index is 12.1. The third-order valence-corrected chi connectivity index (χ3v) is 2.35. The summed E-state index contributed by atoms with van der Waals surface area (Å²) in [7, 11) is 1.38. The Hall–Kier alpha value is -1.96. The standard InChI is InChI=1S/C13H17F3N2O3/c1-8(17)5-12(19)18-10-6-9(3-4-11(10)20-2)21-7-13(14,15)16/h3-4,6,8H,5,7,17H2,1-2H3,(H,18,19). The largest absolute Gasteiger partial charge is 0.495 e. The molecular weight excluding hydrogens is 289 g/mol. The van der Waals surface area contributed by atoms with Crippen LogP contribution in [-0.4, -0.2) is 31.8 Å². The van der Waals surface area contributed by atoms with Gasteiger partial charge in [0.2, 0.25) is 5.91 Å². The maximum atomic E-state index is 12.1. The van der Waals surface area contributed by atoms with Gasteiger partial charge in [0, 0.05) is 18.5 Å². The van der Waals surface area contributed by atoms with Crippen LogP contribution in [-0.2, 0) is 4.79 Å². The van der Waals surface area contributed by atoms with E-state index in [4.69, 9.17) is 10.5 Å². The molecule has 0 fully saturated rings. The number of rotatable bonds is 6. The molecule has 1 amide bonds. The summed E-state index contributed by atoms with van der Waals surface area (Å²) in [4.78, 5) is 11.7. The van der Waals surface area contributed by atoms with Gasteiger partial charge >= 0.3 is 6.18 Å². The van der Waals surface area contributed by atoms with Gasteiger partial charge in [0.05, 0.1) is 12.8 Å². The zero-order chi connectivity index (χ0) is 16.0. The van der Waals surface area contributed by atoms with Crippen LogP contribution in [0.2, 0.25) is 0 Å². The highest BCUT2D eigenvalue weighted by Gasteiger charge is 2.28. The summed E-state index contributed by atoms with van der Waals surface area (Å²) in [6.07, 6.45) is -4.35. The molecule has 1 aromatic carbocycles. The number of alkyl halides is 3. The Morgan fingerprint density at radius 1 is 1.43 bits per heavy atom. The quantitative estimate of drug-likeness (QED) is 0.846. The van der Waals surface area contributed by atoms with Gasteiger partial charge in [-0.3, -0.25) is 4.79 Å². The first-order valence-electron chi connectivity index (χ1n) is 6.14. The number of ether oxygens (including phenoxy) is 2. The van der Waals surface area contributed by atoms with Gasteiger partial charge < -0.3 is 20.5 Å². The Bertz CT molecular complexity index is 490. The first-order chi connectivity index (χ1) is 9.71. The van der Waals surface area contributed by atoms with E-state index in [1.54, 1.807) is 6.92 Å². The molecule has 0 heterocycles. The highest BCUT2D eigenvalue weighted by atomic mass is 19.4. The van der Waals surface area contributed by atoms with Crippen molar-refractivity contribution in [1.29, 1.82) is 0 Å². The molecule has 118 valence electrons. The van der Waals surface area contributed by atoms with Gasteiger partial charge in [0.15, 0.2) is 6.61 Å². The van der Waals surface area contributed by atoms with Crippen LogP contribution >= 0.6 is 0 Å². The van der Waals surface area contributed by atoms with Crippen molar-refractivity contribution in [3.8, 4) is 11.5 Å². The summed E-state index contributed by atoms with van der Waals surface area (Å²) >= 11 is 0. The number of carbonyl (C=O) groups is 1. The Morgan fingerprint density at radius 2 is 2.10 bits per heavy atom. The number of hydrogen-bond acceptors (Lipinski definition) is 4. The lowest BCUT2D eigenvalue weighted by Gasteiger charge is -2.14. The molecule has 1 atom stereocenters. The van der Waals surface area contributed by atoms with Crippen LogP contribution in [0.4, 0.5) is 18.9 Å². The monoisotopic (exact) mass is 306 g/mol. The Labute approximate surface area is 120 Å². The summed E-state index contributed by atoms with van der Waals surface area (Å²) in [6.45, 7) is 0.256. The van der Waals surface area contributed by atoms with E-state index in [0.29, 0.717) is 5.75 Å². The van der Waals surface area contributed by atoms with E-state index in [1.807, 2.05) is 0 Å². The third kappa shape index (κ3) is 6.35. The topological polar surface area (TPSA) is 73.6 Å². The average molecular weight is 306 g/mol. The lowest BCUT2D eigenvalue weighted by Crippen LogP contribution is -2.24. The molecular formula is C13H17F3N2O3. The lowest BCUT2D eigenvalue weighted by atomic mass is 10.2. The van der Waals surface area contributed by atoms with Crippen molar-refractivity contribution < 1.29 is 27.4 Å². The molecule has 0 bridgehead atoms. The van der Waals surface area contributed by atoms with Gasteiger partial charge in [0.25, 0.3) is 0 Å². The molecule has 0 aromatic heterocycles. The normalized spacial score (nSPS) is 12.7. The number of hydrogen-bond donors (Lipinski definition) is 2.